The molecule has 0 radical (unpaired) electrons. The average molecular weight is 453 g/mol. The van der Waals surface area contributed by atoms with Gasteiger partial charge in [0.05, 0.1) is 23.5 Å². The molecule has 2 aromatic rings. The number of nitrogens with zero attached hydrogens (tertiary/aromatic N) is 1. The summed E-state index contributed by atoms with van der Waals surface area (Å²) in [7, 11) is 1.56. The summed E-state index contributed by atoms with van der Waals surface area (Å²) in [6.45, 7) is 1.52. The number of ether oxygens (including phenoxy) is 4. The van der Waals surface area contributed by atoms with E-state index < -0.39 is 29.0 Å². The minimum atomic E-state index is -0.624. The lowest BCUT2D eigenvalue weighted by molar-refractivity contribution is -0.385. The lowest BCUT2D eigenvalue weighted by Gasteiger charge is -2.36. The fourth-order valence-corrected chi connectivity index (χ4v) is 4.14. The van der Waals surface area contributed by atoms with Gasteiger partial charge in [-0.2, -0.15) is 0 Å². The summed E-state index contributed by atoms with van der Waals surface area (Å²) in [6.07, 6.45) is 1.72. The van der Waals surface area contributed by atoms with Gasteiger partial charge in [-0.25, -0.2) is 4.79 Å². The third kappa shape index (κ3) is 4.67. The van der Waals surface area contributed by atoms with Crippen molar-refractivity contribution < 1.29 is 33.5 Å². The van der Waals surface area contributed by atoms with Gasteiger partial charge in [0.1, 0.15) is 30.0 Å². The van der Waals surface area contributed by atoms with Gasteiger partial charge in [0.2, 0.25) is 11.5 Å². The molecule has 0 amide bonds. The van der Waals surface area contributed by atoms with Crippen LogP contribution >= 0.6 is 0 Å². The Kier molecular flexibility index (Phi) is 6.30. The molecule has 0 aromatic heterocycles. The molecule has 1 saturated carbocycles. The molecule has 0 spiro atoms. The smallest absolute Gasteiger partial charge is 0.338 e. The predicted molar refractivity (Wildman–Crippen MR) is 116 cm³/mol. The fourth-order valence-electron chi connectivity index (χ4n) is 4.14. The molecule has 1 aliphatic carbocycles. The van der Waals surface area contributed by atoms with E-state index in [0.717, 1.165) is 0 Å². The first-order valence-corrected chi connectivity index (χ1v) is 10.5. The second-order valence-electron chi connectivity index (χ2n) is 7.95. The zero-order chi connectivity index (χ0) is 23.5. The Morgan fingerprint density at radius 3 is 2.55 bits per heavy atom. The van der Waals surface area contributed by atoms with E-state index in [0.29, 0.717) is 30.8 Å². The molecule has 9 heteroatoms. The van der Waals surface area contributed by atoms with Crippen molar-refractivity contribution in [3.63, 3.8) is 0 Å². The number of hydrogen-bond acceptors (Lipinski definition) is 8. The second-order valence-corrected chi connectivity index (χ2v) is 7.95. The zero-order valence-corrected chi connectivity index (χ0v) is 18.2. The number of hydrogen-bond donors (Lipinski definition) is 0. The number of nitro benzene ring substituents is 1. The number of ketones is 1. The summed E-state index contributed by atoms with van der Waals surface area (Å²) in [5.74, 6) is 0.132. The number of Topliss-reactive ketones (excluding diaryl/α,β-unsaturated/α-hetero) is 1. The van der Waals surface area contributed by atoms with Crippen molar-refractivity contribution in [3.8, 4) is 11.5 Å². The monoisotopic (exact) mass is 453 g/mol. The third-order valence-corrected chi connectivity index (χ3v) is 5.96. The Labute approximate surface area is 190 Å². The van der Waals surface area contributed by atoms with Gasteiger partial charge < -0.3 is 18.9 Å². The van der Waals surface area contributed by atoms with Gasteiger partial charge in [-0.3, -0.25) is 14.9 Å². The van der Waals surface area contributed by atoms with Crippen LogP contribution in [0, 0.1) is 23.0 Å². The van der Waals surface area contributed by atoms with Crippen molar-refractivity contribution in [2.24, 2.45) is 5.92 Å². The zero-order valence-electron chi connectivity index (χ0n) is 18.2. The number of benzene rings is 2. The Morgan fingerprint density at radius 1 is 1.12 bits per heavy atom. The topological polar surface area (TPSA) is 114 Å². The molecule has 1 heterocycles. The highest BCUT2D eigenvalue weighted by Gasteiger charge is 2.42. The largest absolute Gasteiger partial charge is 0.497 e. The fraction of sp³-hybridized carbons (Fsp3) is 0.333. The van der Waals surface area contributed by atoms with Crippen LogP contribution in [-0.4, -0.2) is 36.0 Å². The molecule has 33 heavy (non-hydrogen) atoms. The quantitative estimate of drug-likeness (QED) is 0.364. The summed E-state index contributed by atoms with van der Waals surface area (Å²) in [5, 5.41) is 11.1. The number of carbonyl (C=O) groups is 2. The van der Waals surface area contributed by atoms with Gasteiger partial charge in [-0.05, 0) is 50.1 Å². The van der Waals surface area contributed by atoms with Crippen molar-refractivity contribution in [1.82, 2.24) is 0 Å². The lowest BCUT2D eigenvalue weighted by Crippen LogP contribution is -2.43. The highest BCUT2D eigenvalue weighted by Crippen LogP contribution is 2.36. The first-order chi connectivity index (χ1) is 15.9. The van der Waals surface area contributed by atoms with Crippen LogP contribution in [0.4, 0.5) is 5.69 Å². The number of esters is 1. The normalized spacial score (nSPS) is 21.8. The predicted octanol–water partition coefficient (Wildman–Crippen LogP) is 4.13. The van der Waals surface area contributed by atoms with Crippen molar-refractivity contribution in [1.29, 1.82) is 0 Å². The molecule has 0 saturated heterocycles. The molecular formula is C24H23NO8. The van der Waals surface area contributed by atoms with Crippen LogP contribution in [0.15, 0.2) is 54.5 Å². The van der Waals surface area contributed by atoms with E-state index in [-0.39, 0.29) is 28.4 Å². The van der Waals surface area contributed by atoms with E-state index in [1.54, 1.807) is 31.4 Å². The van der Waals surface area contributed by atoms with Gasteiger partial charge in [0.15, 0.2) is 0 Å². The molecule has 0 bridgehead atoms. The number of allylic oxidation sites excluding steroid dienone is 1. The van der Waals surface area contributed by atoms with Gasteiger partial charge in [-0.15, -0.1) is 0 Å². The first kappa shape index (κ1) is 22.3. The van der Waals surface area contributed by atoms with Gasteiger partial charge in [0.25, 0.3) is 5.69 Å². The average Bonchev–Trinajstić information content (AvgIpc) is 2.81. The van der Waals surface area contributed by atoms with Crippen molar-refractivity contribution in [2.45, 2.75) is 38.4 Å². The Morgan fingerprint density at radius 2 is 1.85 bits per heavy atom. The summed E-state index contributed by atoms with van der Waals surface area (Å²) in [4.78, 5) is 36.2. The second kappa shape index (κ2) is 9.32. The molecule has 4 rings (SSSR count). The molecule has 3 atom stereocenters. The number of fused-ring (bicyclic) bond motifs is 1. The van der Waals surface area contributed by atoms with Crippen LogP contribution < -0.4 is 9.47 Å². The molecular weight excluding hydrogens is 430 g/mol. The maximum atomic E-state index is 12.9. The van der Waals surface area contributed by atoms with Crippen LogP contribution in [0.2, 0.25) is 0 Å². The molecule has 9 nitrogen and oxygen atoms in total. The molecule has 172 valence electrons. The number of rotatable bonds is 6. The van der Waals surface area contributed by atoms with Crippen LogP contribution in [0.1, 0.15) is 35.2 Å². The Hall–Kier alpha value is -3.88. The Bertz CT molecular complexity index is 1110. The van der Waals surface area contributed by atoms with E-state index in [1.165, 1.54) is 31.4 Å². The van der Waals surface area contributed by atoms with Crippen LogP contribution in [0.25, 0.3) is 0 Å². The van der Waals surface area contributed by atoms with Gasteiger partial charge in [0, 0.05) is 18.1 Å². The standard InChI is InChI=1S/C24H23NO8/c1-14-18(4-3-5-20(14)25(28)29)24(27)33-17-10-11-19-21(12-17)31-13-22(23(19)26)32-16-8-6-15(30-2)7-9-16/h3-9,13,17,19,21H,10-12H2,1-2H3. The molecule has 2 aliphatic rings. The SMILES string of the molecule is COc1ccc(OC2=COC3CC(OC(=O)c4cccc([N+](=O)[O-])c4C)CCC3C2=O)cc1. The summed E-state index contributed by atoms with van der Waals surface area (Å²) in [5.41, 5.74) is 0.277. The van der Waals surface area contributed by atoms with Crippen molar-refractivity contribution in [3.05, 3.63) is 75.7 Å². The molecule has 1 aliphatic heterocycles. The van der Waals surface area contributed by atoms with E-state index >= 15 is 0 Å². The molecule has 2 aromatic carbocycles. The highest BCUT2D eigenvalue weighted by atomic mass is 16.6. The molecule has 0 N–H and O–H groups in total. The number of methoxy groups -OCH3 is 1. The molecule has 1 fully saturated rings. The maximum absolute atomic E-state index is 12.9. The van der Waals surface area contributed by atoms with E-state index in [9.17, 15) is 19.7 Å². The Balaban J connectivity index is 1.39. The summed E-state index contributed by atoms with van der Waals surface area (Å²) >= 11 is 0. The summed E-state index contributed by atoms with van der Waals surface area (Å²) in [6, 6.07) is 11.2. The van der Waals surface area contributed by atoms with Gasteiger partial charge >= 0.3 is 5.97 Å². The minimum Gasteiger partial charge on any atom is -0.497 e. The highest BCUT2D eigenvalue weighted by molar-refractivity contribution is 5.96. The maximum Gasteiger partial charge on any atom is 0.338 e. The van der Waals surface area contributed by atoms with Gasteiger partial charge in [-0.1, -0.05) is 6.07 Å². The molecule has 3 unspecified atom stereocenters. The lowest BCUT2D eigenvalue weighted by atomic mass is 9.80. The van der Waals surface area contributed by atoms with Crippen LogP contribution in [-0.2, 0) is 14.3 Å². The van der Waals surface area contributed by atoms with Crippen molar-refractivity contribution >= 4 is 17.4 Å². The first-order valence-electron chi connectivity index (χ1n) is 10.5. The minimum absolute atomic E-state index is 0.129. The number of nitro groups is 1. The van der Waals surface area contributed by atoms with E-state index in [2.05, 4.69) is 0 Å². The van der Waals surface area contributed by atoms with Crippen LogP contribution in [0.3, 0.4) is 0 Å². The van der Waals surface area contributed by atoms with E-state index in [1.807, 2.05) is 0 Å². The van der Waals surface area contributed by atoms with Crippen molar-refractivity contribution in [2.75, 3.05) is 7.11 Å². The van der Waals surface area contributed by atoms with E-state index in [4.69, 9.17) is 18.9 Å². The van der Waals surface area contributed by atoms with Crippen LogP contribution in [0.5, 0.6) is 11.5 Å². The third-order valence-electron chi connectivity index (χ3n) is 5.96. The number of carbonyl (C=O) groups excluding carboxylic acids is 2. The summed E-state index contributed by atoms with van der Waals surface area (Å²) < 4.78 is 22.2.